The summed E-state index contributed by atoms with van der Waals surface area (Å²) in [6, 6.07) is 9.90. The Morgan fingerprint density at radius 2 is 1.88 bits per heavy atom. The molecule has 3 heterocycles. The van der Waals surface area contributed by atoms with Crippen LogP contribution in [0.25, 0.3) is 22.4 Å². The highest BCUT2D eigenvalue weighted by Crippen LogP contribution is 2.27. The van der Waals surface area contributed by atoms with Gasteiger partial charge in [-0.05, 0) is 37.6 Å². The van der Waals surface area contributed by atoms with E-state index in [9.17, 15) is 0 Å². The van der Waals surface area contributed by atoms with Crippen molar-refractivity contribution in [2.24, 2.45) is 0 Å². The number of nitrogens with one attached hydrogen (secondary N) is 3. The Hall–Kier alpha value is -3.48. The molecule has 0 amide bonds. The van der Waals surface area contributed by atoms with Gasteiger partial charge in [0.05, 0.1) is 17.2 Å². The van der Waals surface area contributed by atoms with Gasteiger partial charge in [0.15, 0.2) is 0 Å². The lowest BCUT2D eigenvalue weighted by Crippen LogP contribution is -2.02. The number of aryl methyl sites for hydroxylation is 2. The molecule has 3 aromatic heterocycles. The molecule has 3 N–H and O–H groups in total. The molecule has 7 nitrogen and oxygen atoms in total. The Bertz CT molecular complexity index is 1050. The fraction of sp³-hybridized carbons (Fsp3) is 0.158. The smallest absolute Gasteiger partial charge is 0.229 e. The molecule has 0 spiro atoms. The van der Waals surface area contributed by atoms with Crippen LogP contribution in [0, 0.1) is 13.8 Å². The molecular weight excluding hydrogens is 326 g/mol. The summed E-state index contributed by atoms with van der Waals surface area (Å²) in [6.45, 7) is 4.00. The molecule has 4 rings (SSSR count). The van der Waals surface area contributed by atoms with Gasteiger partial charge in [0.1, 0.15) is 11.6 Å². The molecule has 0 aliphatic heterocycles. The van der Waals surface area contributed by atoms with Crippen LogP contribution in [0.2, 0.25) is 0 Å². The number of rotatable bonds is 4. The lowest BCUT2D eigenvalue weighted by molar-refractivity contribution is 1.10. The van der Waals surface area contributed by atoms with Crippen LogP contribution in [-0.4, -0.2) is 32.0 Å². The van der Waals surface area contributed by atoms with E-state index in [4.69, 9.17) is 0 Å². The van der Waals surface area contributed by atoms with Gasteiger partial charge >= 0.3 is 0 Å². The largest absolute Gasteiger partial charge is 0.373 e. The monoisotopic (exact) mass is 345 g/mol. The standard InChI is InChI=1S/C19H19N7/c1-11-4-5-13(23-19-22-12(2)8-17(20-3)26-19)9-14(11)18-24-15-6-7-21-10-16(15)25-18/h4-10H,1-3H3,(H,24,25)(H2,20,22,23,26). The molecule has 26 heavy (non-hydrogen) atoms. The van der Waals surface area contributed by atoms with Crippen molar-refractivity contribution in [3.05, 3.63) is 54.0 Å². The van der Waals surface area contributed by atoms with E-state index >= 15 is 0 Å². The Kier molecular flexibility index (Phi) is 3.96. The maximum Gasteiger partial charge on any atom is 0.229 e. The third-order valence-corrected chi connectivity index (χ3v) is 4.14. The van der Waals surface area contributed by atoms with Crippen molar-refractivity contribution in [2.75, 3.05) is 17.7 Å². The van der Waals surface area contributed by atoms with Crippen molar-refractivity contribution < 1.29 is 0 Å². The summed E-state index contributed by atoms with van der Waals surface area (Å²) in [4.78, 5) is 21.0. The van der Waals surface area contributed by atoms with Crippen molar-refractivity contribution in [3.63, 3.8) is 0 Å². The number of hydrogen-bond donors (Lipinski definition) is 3. The Balaban J connectivity index is 1.71. The van der Waals surface area contributed by atoms with E-state index in [1.807, 2.05) is 38.2 Å². The zero-order chi connectivity index (χ0) is 18.1. The second-order valence-corrected chi connectivity index (χ2v) is 6.10. The number of aromatic amines is 1. The first-order valence-corrected chi connectivity index (χ1v) is 8.33. The van der Waals surface area contributed by atoms with Crippen LogP contribution in [0.1, 0.15) is 11.3 Å². The van der Waals surface area contributed by atoms with Crippen LogP contribution in [0.4, 0.5) is 17.5 Å². The highest BCUT2D eigenvalue weighted by atomic mass is 15.1. The van der Waals surface area contributed by atoms with E-state index in [1.165, 1.54) is 0 Å². The summed E-state index contributed by atoms with van der Waals surface area (Å²) in [5.41, 5.74) is 5.76. The summed E-state index contributed by atoms with van der Waals surface area (Å²) < 4.78 is 0. The normalized spacial score (nSPS) is 10.9. The second kappa shape index (κ2) is 6.44. The van der Waals surface area contributed by atoms with Crippen molar-refractivity contribution in [1.82, 2.24) is 24.9 Å². The first-order chi connectivity index (χ1) is 12.6. The summed E-state index contributed by atoms with van der Waals surface area (Å²) in [5, 5.41) is 6.32. The van der Waals surface area contributed by atoms with E-state index in [1.54, 1.807) is 12.4 Å². The molecule has 0 unspecified atom stereocenters. The van der Waals surface area contributed by atoms with Crippen LogP contribution < -0.4 is 10.6 Å². The van der Waals surface area contributed by atoms with E-state index in [2.05, 4.69) is 48.5 Å². The van der Waals surface area contributed by atoms with Gasteiger partial charge in [-0.1, -0.05) is 6.07 Å². The molecule has 0 bridgehead atoms. The van der Waals surface area contributed by atoms with Crippen molar-refractivity contribution >= 4 is 28.5 Å². The number of pyridine rings is 1. The fourth-order valence-corrected chi connectivity index (χ4v) is 2.82. The van der Waals surface area contributed by atoms with Gasteiger partial charge in [0, 0.05) is 36.3 Å². The lowest BCUT2D eigenvalue weighted by atomic mass is 10.1. The molecule has 4 aromatic rings. The van der Waals surface area contributed by atoms with Crippen molar-refractivity contribution in [3.8, 4) is 11.4 Å². The number of H-pyrrole nitrogens is 1. The molecule has 7 heteroatoms. The summed E-state index contributed by atoms with van der Waals surface area (Å²) in [5.74, 6) is 2.14. The van der Waals surface area contributed by atoms with Gasteiger partial charge in [0.25, 0.3) is 0 Å². The fourth-order valence-electron chi connectivity index (χ4n) is 2.82. The number of imidazole rings is 1. The number of aromatic nitrogens is 5. The maximum atomic E-state index is 4.67. The van der Waals surface area contributed by atoms with Gasteiger partial charge in [-0.25, -0.2) is 9.97 Å². The number of hydrogen-bond acceptors (Lipinski definition) is 6. The van der Waals surface area contributed by atoms with Crippen LogP contribution in [0.5, 0.6) is 0 Å². The van der Waals surface area contributed by atoms with Crippen LogP contribution in [0.15, 0.2) is 42.7 Å². The molecule has 0 aliphatic carbocycles. The second-order valence-electron chi connectivity index (χ2n) is 6.10. The third kappa shape index (κ3) is 3.06. The Labute approximate surface area is 151 Å². The lowest BCUT2D eigenvalue weighted by Gasteiger charge is -2.10. The molecule has 0 fully saturated rings. The van der Waals surface area contributed by atoms with Gasteiger partial charge in [0.2, 0.25) is 5.95 Å². The van der Waals surface area contributed by atoms with Crippen LogP contribution in [0.3, 0.4) is 0 Å². The zero-order valence-electron chi connectivity index (χ0n) is 14.8. The van der Waals surface area contributed by atoms with E-state index in [-0.39, 0.29) is 0 Å². The molecule has 130 valence electrons. The number of nitrogens with zero attached hydrogens (tertiary/aromatic N) is 4. The van der Waals surface area contributed by atoms with Crippen molar-refractivity contribution in [1.29, 1.82) is 0 Å². The topological polar surface area (TPSA) is 91.4 Å². The van der Waals surface area contributed by atoms with E-state index in [0.717, 1.165) is 45.2 Å². The predicted molar refractivity (Wildman–Crippen MR) is 104 cm³/mol. The van der Waals surface area contributed by atoms with Gasteiger partial charge in [-0.15, -0.1) is 0 Å². The first kappa shape index (κ1) is 16.0. The van der Waals surface area contributed by atoms with Crippen LogP contribution in [-0.2, 0) is 0 Å². The zero-order valence-corrected chi connectivity index (χ0v) is 14.8. The minimum Gasteiger partial charge on any atom is -0.373 e. The van der Waals surface area contributed by atoms with Gasteiger partial charge in [-0.3, -0.25) is 4.98 Å². The third-order valence-electron chi connectivity index (χ3n) is 4.14. The average Bonchev–Trinajstić information content (AvgIpc) is 3.06. The van der Waals surface area contributed by atoms with E-state index < -0.39 is 0 Å². The van der Waals surface area contributed by atoms with Crippen molar-refractivity contribution in [2.45, 2.75) is 13.8 Å². The molecule has 0 radical (unpaired) electrons. The summed E-state index contributed by atoms with van der Waals surface area (Å²) >= 11 is 0. The number of anilines is 3. The number of fused-ring (bicyclic) bond motifs is 1. The Morgan fingerprint density at radius 1 is 1.00 bits per heavy atom. The highest BCUT2D eigenvalue weighted by molar-refractivity contribution is 5.80. The predicted octanol–water partition coefficient (Wildman–Crippen LogP) is 3.82. The SMILES string of the molecule is CNc1cc(C)nc(Nc2ccc(C)c(-c3nc4ccncc4[nH]3)c2)n1. The van der Waals surface area contributed by atoms with E-state index in [0.29, 0.717) is 5.95 Å². The van der Waals surface area contributed by atoms with Crippen LogP contribution >= 0.6 is 0 Å². The molecule has 0 atom stereocenters. The quantitative estimate of drug-likeness (QED) is 0.521. The molecule has 1 aromatic carbocycles. The molecule has 0 aliphatic rings. The minimum atomic E-state index is 0.554. The Morgan fingerprint density at radius 3 is 2.69 bits per heavy atom. The maximum absolute atomic E-state index is 4.67. The summed E-state index contributed by atoms with van der Waals surface area (Å²) in [7, 11) is 1.84. The van der Waals surface area contributed by atoms with Gasteiger partial charge < -0.3 is 15.6 Å². The average molecular weight is 345 g/mol. The highest BCUT2D eigenvalue weighted by Gasteiger charge is 2.10. The number of benzene rings is 1. The molecule has 0 saturated carbocycles. The van der Waals surface area contributed by atoms with Gasteiger partial charge in [-0.2, -0.15) is 4.98 Å². The minimum absolute atomic E-state index is 0.554. The molecule has 0 saturated heterocycles. The first-order valence-electron chi connectivity index (χ1n) is 8.33. The molecular formula is C19H19N7. The summed E-state index contributed by atoms with van der Waals surface area (Å²) in [6.07, 6.45) is 3.52.